The first-order valence-electron chi connectivity index (χ1n) is 6.80. The monoisotopic (exact) mass is 294 g/mol. The first-order valence-corrected chi connectivity index (χ1v) is 6.80. The molecule has 1 nitrogen and oxygen atoms in total. The molecule has 0 amide bonds. The lowest BCUT2D eigenvalue weighted by Crippen LogP contribution is -1.97. The van der Waals surface area contributed by atoms with Crippen LogP contribution < -0.4 is 4.74 Å². The molecule has 0 fully saturated rings. The molecule has 0 bridgehead atoms. The fourth-order valence-electron chi connectivity index (χ4n) is 2.34. The van der Waals surface area contributed by atoms with Crippen LogP contribution in [0.2, 0.25) is 0 Å². The van der Waals surface area contributed by atoms with Crippen LogP contribution in [0.4, 0.5) is 13.2 Å². The molecule has 112 valence electrons. The Bertz CT molecular complexity index is 642. The van der Waals surface area contributed by atoms with Crippen molar-refractivity contribution < 1.29 is 17.9 Å². The van der Waals surface area contributed by atoms with Gasteiger partial charge >= 0.3 is 0 Å². The highest BCUT2D eigenvalue weighted by atomic mass is 19.1. The average Bonchev–Trinajstić information content (AvgIpc) is 2.42. The third-order valence-corrected chi connectivity index (χ3v) is 3.45. The Labute approximate surface area is 122 Å². The molecule has 0 aliphatic carbocycles. The summed E-state index contributed by atoms with van der Waals surface area (Å²) >= 11 is 0. The van der Waals surface area contributed by atoms with E-state index >= 15 is 0 Å². The summed E-state index contributed by atoms with van der Waals surface area (Å²) in [7, 11) is 1.39. The van der Waals surface area contributed by atoms with Crippen LogP contribution >= 0.6 is 0 Å². The smallest absolute Gasteiger partial charge is 0.134 e. The Morgan fingerprint density at radius 3 is 2.10 bits per heavy atom. The van der Waals surface area contributed by atoms with Crippen LogP contribution in [0.5, 0.6) is 5.75 Å². The molecule has 0 unspecified atom stereocenters. The van der Waals surface area contributed by atoms with Crippen LogP contribution in [0.15, 0.2) is 24.3 Å². The average molecular weight is 294 g/mol. The summed E-state index contributed by atoms with van der Waals surface area (Å²) in [6, 6.07) is 5.16. The molecule has 21 heavy (non-hydrogen) atoms. The van der Waals surface area contributed by atoms with Gasteiger partial charge in [-0.05, 0) is 48.7 Å². The number of ether oxygens (including phenoxy) is 1. The summed E-state index contributed by atoms with van der Waals surface area (Å²) in [5.41, 5.74) is 0.806. The zero-order chi connectivity index (χ0) is 15.6. The van der Waals surface area contributed by atoms with Gasteiger partial charge in [-0.1, -0.05) is 13.3 Å². The number of hydrogen-bond acceptors (Lipinski definition) is 1. The van der Waals surface area contributed by atoms with Gasteiger partial charge in [0.1, 0.15) is 23.2 Å². The molecule has 0 atom stereocenters. The second-order valence-electron chi connectivity index (χ2n) is 4.97. The minimum atomic E-state index is -0.691. The quantitative estimate of drug-likeness (QED) is 0.767. The first-order chi connectivity index (χ1) is 9.97. The van der Waals surface area contributed by atoms with Crippen LogP contribution in [-0.4, -0.2) is 7.11 Å². The van der Waals surface area contributed by atoms with E-state index in [0.29, 0.717) is 17.5 Å². The summed E-state index contributed by atoms with van der Waals surface area (Å²) in [5, 5.41) is 0. The number of rotatable bonds is 4. The third kappa shape index (κ3) is 3.04. The zero-order valence-corrected chi connectivity index (χ0v) is 12.3. The van der Waals surface area contributed by atoms with Gasteiger partial charge in [0.15, 0.2) is 0 Å². The van der Waals surface area contributed by atoms with Crippen LogP contribution in [0.1, 0.15) is 24.5 Å². The van der Waals surface area contributed by atoms with Gasteiger partial charge in [-0.2, -0.15) is 0 Å². The zero-order valence-electron chi connectivity index (χ0n) is 12.3. The molecule has 0 aliphatic rings. The minimum Gasteiger partial charge on any atom is -0.496 e. The van der Waals surface area contributed by atoms with Crippen molar-refractivity contribution in [3.05, 3.63) is 52.8 Å². The summed E-state index contributed by atoms with van der Waals surface area (Å²) < 4.78 is 47.3. The maximum absolute atomic E-state index is 14.2. The predicted octanol–water partition coefficient (Wildman–Crippen LogP) is 5.04. The van der Waals surface area contributed by atoms with E-state index in [4.69, 9.17) is 4.74 Å². The number of benzene rings is 2. The van der Waals surface area contributed by atoms with E-state index in [9.17, 15) is 13.2 Å². The van der Waals surface area contributed by atoms with Crippen LogP contribution in [0.3, 0.4) is 0 Å². The summed E-state index contributed by atoms with van der Waals surface area (Å²) in [6.07, 6.45) is 1.39. The van der Waals surface area contributed by atoms with Gasteiger partial charge in [-0.15, -0.1) is 0 Å². The van der Waals surface area contributed by atoms with Gasteiger partial charge in [-0.25, -0.2) is 13.2 Å². The van der Waals surface area contributed by atoms with Crippen molar-refractivity contribution in [2.75, 3.05) is 7.11 Å². The maximum Gasteiger partial charge on any atom is 0.134 e. The van der Waals surface area contributed by atoms with Crippen LogP contribution in [-0.2, 0) is 6.42 Å². The molecule has 4 heteroatoms. The van der Waals surface area contributed by atoms with E-state index < -0.39 is 17.5 Å². The first kappa shape index (κ1) is 15.4. The Balaban J connectivity index is 2.59. The maximum atomic E-state index is 14.2. The van der Waals surface area contributed by atoms with E-state index in [1.807, 2.05) is 6.92 Å². The van der Waals surface area contributed by atoms with Gasteiger partial charge < -0.3 is 4.74 Å². The molecule has 2 rings (SSSR count). The third-order valence-electron chi connectivity index (χ3n) is 3.45. The Hall–Kier alpha value is -1.97. The van der Waals surface area contributed by atoms with Crippen LogP contribution in [0.25, 0.3) is 11.1 Å². The Morgan fingerprint density at radius 1 is 0.952 bits per heavy atom. The number of aryl methyl sites for hydroxylation is 1. The van der Waals surface area contributed by atoms with Gasteiger partial charge in [0.25, 0.3) is 0 Å². The molecule has 0 spiro atoms. The van der Waals surface area contributed by atoms with E-state index in [1.165, 1.54) is 25.3 Å². The second kappa shape index (κ2) is 6.20. The topological polar surface area (TPSA) is 9.23 Å². The summed E-state index contributed by atoms with van der Waals surface area (Å²) in [5.74, 6) is -1.67. The predicted molar refractivity (Wildman–Crippen MR) is 77.0 cm³/mol. The fourth-order valence-corrected chi connectivity index (χ4v) is 2.34. The molecule has 2 aromatic carbocycles. The van der Waals surface area contributed by atoms with E-state index in [0.717, 1.165) is 12.5 Å². The lowest BCUT2D eigenvalue weighted by atomic mass is 9.99. The molecular weight excluding hydrogens is 277 g/mol. The van der Waals surface area contributed by atoms with Crippen LogP contribution in [0, 0.1) is 24.4 Å². The van der Waals surface area contributed by atoms with Crippen molar-refractivity contribution in [1.29, 1.82) is 0 Å². The fraction of sp³-hybridized carbons (Fsp3) is 0.294. The molecule has 0 radical (unpaired) electrons. The molecule has 0 heterocycles. The van der Waals surface area contributed by atoms with Gasteiger partial charge in [0.2, 0.25) is 0 Å². The minimum absolute atomic E-state index is 0.132. The lowest BCUT2D eigenvalue weighted by molar-refractivity contribution is 0.407. The molecular formula is C17H17F3O. The molecule has 0 aromatic heterocycles. The largest absolute Gasteiger partial charge is 0.496 e. The Morgan fingerprint density at radius 2 is 1.57 bits per heavy atom. The van der Waals surface area contributed by atoms with Crippen molar-refractivity contribution in [1.82, 2.24) is 0 Å². The van der Waals surface area contributed by atoms with E-state index in [2.05, 4.69) is 0 Å². The highest BCUT2D eigenvalue weighted by Gasteiger charge is 2.16. The van der Waals surface area contributed by atoms with Gasteiger partial charge in [0.05, 0.1) is 12.7 Å². The molecule has 0 saturated heterocycles. The number of hydrogen-bond donors (Lipinski definition) is 0. The number of methoxy groups -OCH3 is 1. The van der Waals surface area contributed by atoms with Gasteiger partial charge in [-0.3, -0.25) is 0 Å². The summed E-state index contributed by atoms with van der Waals surface area (Å²) in [6.45, 7) is 3.49. The van der Waals surface area contributed by atoms with E-state index in [1.54, 1.807) is 6.92 Å². The SMILES string of the molecule is CCCc1cc(F)c(-c2cc(F)c(C)c(OC)c2)c(F)c1. The van der Waals surface area contributed by atoms with Crippen molar-refractivity contribution in [2.24, 2.45) is 0 Å². The molecule has 0 aliphatic heterocycles. The normalized spacial score (nSPS) is 10.8. The van der Waals surface area contributed by atoms with Crippen molar-refractivity contribution in [3.63, 3.8) is 0 Å². The van der Waals surface area contributed by atoms with Crippen molar-refractivity contribution >= 4 is 0 Å². The molecule has 2 aromatic rings. The summed E-state index contributed by atoms with van der Waals surface area (Å²) in [4.78, 5) is 0. The highest BCUT2D eigenvalue weighted by Crippen LogP contribution is 2.33. The number of halogens is 3. The molecule has 0 saturated carbocycles. The molecule has 0 N–H and O–H groups in total. The standard InChI is InChI=1S/C17H17F3O/c1-4-5-11-6-14(19)17(15(20)7-11)12-8-13(18)10(2)16(9-12)21-3/h6-9H,4-5H2,1-3H3. The lowest BCUT2D eigenvalue weighted by Gasteiger charge is -2.12. The second-order valence-corrected chi connectivity index (χ2v) is 4.97. The van der Waals surface area contributed by atoms with Gasteiger partial charge in [0, 0.05) is 5.56 Å². The highest BCUT2D eigenvalue weighted by molar-refractivity contribution is 5.68. The van der Waals surface area contributed by atoms with Crippen molar-refractivity contribution in [2.45, 2.75) is 26.7 Å². The van der Waals surface area contributed by atoms with E-state index in [-0.39, 0.29) is 16.9 Å². The Kier molecular flexibility index (Phi) is 4.56. The van der Waals surface area contributed by atoms with Crippen molar-refractivity contribution in [3.8, 4) is 16.9 Å².